The zero-order chi connectivity index (χ0) is 17.8. The minimum Gasteiger partial charge on any atom is -0.465 e. The number of ether oxygens (including phenoxy) is 1. The van der Waals surface area contributed by atoms with E-state index < -0.39 is 11.9 Å². The number of aromatic amines is 1. The fourth-order valence-corrected chi connectivity index (χ4v) is 2.28. The first-order valence-electron chi connectivity index (χ1n) is 7.38. The average molecular weight is 339 g/mol. The number of carbonyl (C=O) groups is 2. The van der Waals surface area contributed by atoms with E-state index in [1.165, 1.54) is 19.2 Å². The van der Waals surface area contributed by atoms with Crippen LogP contribution >= 0.6 is 0 Å². The standard InChI is InChI=1S/C18H14FN3O3/c1-25-18(24)13-4-2-3-5-14(13)20-17(23)16-10-15(21-22-16)11-6-8-12(19)9-7-11/h2-10H,1H3,(H,20,23)(H,21,22). The van der Waals surface area contributed by atoms with Crippen molar-refractivity contribution in [3.8, 4) is 11.3 Å². The molecule has 0 bridgehead atoms. The van der Waals surface area contributed by atoms with Gasteiger partial charge in [0, 0.05) is 5.56 Å². The van der Waals surface area contributed by atoms with Crippen molar-refractivity contribution in [2.24, 2.45) is 0 Å². The molecule has 1 amide bonds. The second kappa shape index (κ2) is 6.96. The molecule has 0 spiro atoms. The number of aromatic nitrogens is 2. The van der Waals surface area contributed by atoms with Crippen LogP contribution in [0, 0.1) is 5.82 Å². The summed E-state index contributed by atoms with van der Waals surface area (Å²) >= 11 is 0. The van der Waals surface area contributed by atoms with Crippen molar-refractivity contribution in [2.75, 3.05) is 12.4 Å². The molecule has 0 aliphatic carbocycles. The van der Waals surface area contributed by atoms with Crippen molar-refractivity contribution in [1.29, 1.82) is 0 Å². The molecule has 0 saturated heterocycles. The van der Waals surface area contributed by atoms with E-state index >= 15 is 0 Å². The Morgan fingerprint density at radius 1 is 1.12 bits per heavy atom. The number of hydrogen-bond acceptors (Lipinski definition) is 4. The number of anilines is 1. The third kappa shape index (κ3) is 3.55. The number of nitrogens with one attached hydrogen (secondary N) is 2. The second-order valence-electron chi connectivity index (χ2n) is 5.17. The summed E-state index contributed by atoms with van der Waals surface area (Å²) in [7, 11) is 1.27. The molecule has 0 unspecified atom stereocenters. The lowest BCUT2D eigenvalue weighted by molar-refractivity contribution is 0.0602. The lowest BCUT2D eigenvalue weighted by Gasteiger charge is -2.08. The molecule has 3 aromatic rings. The van der Waals surface area contributed by atoms with E-state index in [4.69, 9.17) is 4.74 Å². The van der Waals surface area contributed by atoms with Crippen molar-refractivity contribution >= 4 is 17.6 Å². The fraction of sp³-hybridized carbons (Fsp3) is 0.0556. The summed E-state index contributed by atoms with van der Waals surface area (Å²) in [5.74, 6) is -1.36. The van der Waals surface area contributed by atoms with E-state index in [2.05, 4.69) is 15.5 Å². The number of hydrogen-bond donors (Lipinski definition) is 2. The topological polar surface area (TPSA) is 84.1 Å². The van der Waals surface area contributed by atoms with Gasteiger partial charge in [0.05, 0.1) is 24.1 Å². The van der Waals surface area contributed by atoms with Crippen LogP contribution in [0.3, 0.4) is 0 Å². The Bertz CT molecular complexity index is 919. The molecule has 0 atom stereocenters. The normalized spacial score (nSPS) is 10.3. The van der Waals surface area contributed by atoms with Crippen LogP contribution in [0.1, 0.15) is 20.8 Å². The molecule has 1 heterocycles. The summed E-state index contributed by atoms with van der Waals surface area (Å²) in [6.07, 6.45) is 0. The van der Waals surface area contributed by atoms with Gasteiger partial charge in [0.25, 0.3) is 5.91 Å². The van der Waals surface area contributed by atoms with Crippen LogP contribution in [0.5, 0.6) is 0 Å². The first-order chi connectivity index (χ1) is 12.1. The Hall–Kier alpha value is -3.48. The van der Waals surface area contributed by atoms with Gasteiger partial charge in [0.1, 0.15) is 11.5 Å². The zero-order valence-corrected chi connectivity index (χ0v) is 13.2. The minimum absolute atomic E-state index is 0.207. The van der Waals surface area contributed by atoms with Crippen molar-refractivity contribution in [3.05, 3.63) is 71.7 Å². The quantitative estimate of drug-likeness (QED) is 0.715. The molecule has 25 heavy (non-hydrogen) atoms. The summed E-state index contributed by atoms with van der Waals surface area (Å²) in [6, 6.07) is 13.8. The number of carbonyl (C=O) groups excluding carboxylic acids is 2. The molecule has 2 aromatic carbocycles. The lowest BCUT2D eigenvalue weighted by Crippen LogP contribution is -2.15. The summed E-state index contributed by atoms with van der Waals surface area (Å²) in [5, 5.41) is 9.33. The Balaban J connectivity index is 1.81. The van der Waals surface area contributed by atoms with E-state index in [0.29, 0.717) is 16.9 Å². The number of methoxy groups -OCH3 is 1. The molecule has 0 fully saturated rings. The van der Waals surface area contributed by atoms with Crippen molar-refractivity contribution in [3.63, 3.8) is 0 Å². The van der Waals surface area contributed by atoms with Gasteiger partial charge in [-0.2, -0.15) is 5.10 Å². The van der Waals surface area contributed by atoms with Gasteiger partial charge in [-0.15, -0.1) is 0 Å². The Morgan fingerprint density at radius 3 is 2.56 bits per heavy atom. The Kier molecular flexibility index (Phi) is 4.56. The van der Waals surface area contributed by atoms with Crippen molar-refractivity contribution < 1.29 is 18.7 Å². The second-order valence-corrected chi connectivity index (χ2v) is 5.17. The highest BCUT2D eigenvalue weighted by atomic mass is 19.1. The molecular weight excluding hydrogens is 325 g/mol. The number of H-pyrrole nitrogens is 1. The number of rotatable bonds is 4. The van der Waals surface area contributed by atoms with Gasteiger partial charge in [0.15, 0.2) is 0 Å². The summed E-state index contributed by atoms with van der Waals surface area (Å²) < 4.78 is 17.7. The van der Waals surface area contributed by atoms with Crippen molar-refractivity contribution in [2.45, 2.75) is 0 Å². The third-order valence-electron chi connectivity index (χ3n) is 3.54. The molecule has 0 aliphatic rings. The largest absolute Gasteiger partial charge is 0.465 e. The van der Waals surface area contributed by atoms with Gasteiger partial charge in [-0.25, -0.2) is 9.18 Å². The van der Waals surface area contributed by atoms with Crippen LogP contribution in [0.15, 0.2) is 54.6 Å². The maximum Gasteiger partial charge on any atom is 0.339 e. The van der Waals surface area contributed by atoms with E-state index in [-0.39, 0.29) is 17.1 Å². The van der Waals surface area contributed by atoms with Crippen LogP contribution in [0.25, 0.3) is 11.3 Å². The predicted octanol–water partition coefficient (Wildman–Crippen LogP) is 3.25. The van der Waals surface area contributed by atoms with Gasteiger partial charge in [-0.1, -0.05) is 12.1 Å². The van der Waals surface area contributed by atoms with E-state index in [9.17, 15) is 14.0 Å². The maximum atomic E-state index is 13.0. The molecule has 0 radical (unpaired) electrons. The van der Waals surface area contributed by atoms with Gasteiger partial charge in [0.2, 0.25) is 0 Å². The summed E-state index contributed by atoms with van der Waals surface area (Å²) in [5.41, 5.74) is 1.96. The molecule has 1 aromatic heterocycles. The number of halogens is 1. The summed E-state index contributed by atoms with van der Waals surface area (Å²) in [4.78, 5) is 24.1. The van der Waals surface area contributed by atoms with Crippen molar-refractivity contribution in [1.82, 2.24) is 10.2 Å². The molecule has 6 nitrogen and oxygen atoms in total. The highest BCUT2D eigenvalue weighted by Crippen LogP contribution is 2.20. The molecule has 7 heteroatoms. The number of benzene rings is 2. The van der Waals surface area contributed by atoms with Crippen LogP contribution in [-0.4, -0.2) is 29.2 Å². The van der Waals surface area contributed by atoms with Gasteiger partial charge < -0.3 is 10.1 Å². The van der Waals surface area contributed by atoms with E-state index in [1.807, 2.05) is 0 Å². The molecule has 2 N–H and O–H groups in total. The average Bonchev–Trinajstić information content (AvgIpc) is 3.12. The van der Waals surface area contributed by atoms with Crippen LogP contribution < -0.4 is 5.32 Å². The van der Waals surface area contributed by atoms with E-state index in [0.717, 1.165) is 0 Å². The number of esters is 1. The van der Waals surface area contributed by atoms with Crippen LogP contribution in [-0.2, 0) is 4.74 Å². The molecule has 0 saturated carbocycles. The maximum absolute atomic E-state index is 13.0. The SMILES string of the molecule is COC(=O)c1ccccc1NC(=O)c1cc(-c2ccc(F)cc2)n[nH]1. The number of nitrogens with zero attached hydrogens (tertiary/aromatic N) is 1. The van der Waals surface area contributed by atoms with E-state index in [1.54, 1.807) is 42.5 Å². The third-order valence-corrected chi connectivity index (χ3v) is 3.54. The monoisotopic (exact) mass is 339 g/mol. The minimum atomic E-state index is -0.549. The Labute approximate surface area is 142 Å². The smallest absolute Gasteiger partial charge is 0.339 e. The highest BCUT2D eigenvalue weighted by molar-refractivity contribution is 6.07. The predicted molar refractivity (Wildman–Crippen MR) is 89.7 cm³/mol. The fourth-order valence-electron chi connectivity index (χ4n) is 2.28. The molecule has 126 valence electrons. The molecule has 0 aliphatic heterocycles. The first-order valence-corrected chi connectivity index (χ1v) is 7.38. The zero-order valence-electron chi connectivity index (χ0n) is 13.2. The van der Waals surface area contributed by atoms with Gasteiger partial charge >= 0.3 is 5.97 Å². The molecule has 3 rings (SSSR count). The van der Waals surface area contributed by atoms with Gasteiger partial charge in [-0.3, -0.25) is 9.89 Å². The number of amides is 1. The highest BCUT2D eigenvalue weighted by Gasteiger charge is 2.16. The number of para-hydroxylation sites is 1. The first kappa shape index (κ1) is 16.4. The Morgan fingerprint density at radius 2 is 1.84 bits per heavy atom. The molecular formula is C18H14FN3O3. The lowest BCUT2D eigenvalue weighted by atomic mass is 10.1. The van der Waals surface area contributed by atoms with Gasteiger partial charge in [-0.05, 0) is 42.5 Å². The van der Waals surface area contributed by atoms with Crippen LogP contribution in [0.2, 0.25) is 0 Å². The van der Waals surface area contributed by atoms with Crippen LogP contribution in [0.4, 0.5) is 10.1 Å². The summed E-state index contributed by atoms with van der Waals surface area (Å²) in [6.45, 7) is 0.